The minimum Gasteiger partial charge on any atom is -0.490 e. The van der Waals surface area contributed by atoms with Gasteiger partial charge >= 0.3 is 0 Å². The summed E-state index contributed by atoms with van der Waals surface area (Å²) in [6.45, 7) is 8.61. The highest BCUT2D eigenvalue weighted by molar-refractivity contribution is 6.77. The summed E-state index contributed by atoms with van der Waals surface area (Å²) in [6.07, 6.45) is 2.05. The van der Waals surface area contributed by atoms with Gasteiger partial charge in [-0.2, -0.15) is 0 Å². The number of aromatic nitrogens is 1. The van der Waals surface area contributed by atoms with Crippen molar-refractivity contribution in [2.75, 3.05) is 0 Å². The van der Waals surface area contributed by atoms with Crippen molar-refractivity contribution >= 4 is 24.9 Å². The lowest BCUT2D eigenvalue weighted by atomic mass is 10.1. The number of nitrogens with one attached hydrogen (secondary N) is 2. The van der Waals surface area contributed by atoms with Crippen molar-refractivity contribution in [1.29, 1.82) is 0 Å². The highest BCUT2D eigenvalue weighted by atomic mass is 28.3. The van der Waals surface area contributed by atoms with Gasteiger partial charge in [0.25, 0.3) is 5.91 Å². The Balaban J connectivity index is 1.78. The lowest BCUT2D eigenvalue weighted by Crippen LogP contribution is -2.42. The lowest BCUT2D eigenvalue weighted by molar-refractivity contribution is 0.0929. The Morgan fingerprint density at radius 1 is 1.28 bits per heavy atom. The van der Waals surface area contributed by atoms with Gasteiger partial charge in [-0.25, -0.2) is 4.39 Å². The summed E-state index contributed by atoms with van der Waals surface area (Å²) in [5, 5.41) is 3.86. The van der Waals surface area contributed by atoms with Crippen molar-refractivity contribution in [2.45, 2.75) is 64.0 Å². The smallest absolute Gasteiger partial charge is 0.267 e. The number of hydrogen-bond acceptors (Lipinski definition) is 2. The van der Waals surface area contributed by atoms with Crippen molar-refractivity contribution in [3.8, 4) is 5.75 Å². The standard InChI is InChI=1S/C19H27FN2O2Si/c1-12(2)24-18-10-13(20)9-16-15(18)11-17(22-16)19(23)21-14-5-7-25(3,4)8-6-14/h9-12,14,22H,5-8H2,1-4H3,(H,21,23). The van der Waals surface area contributed by atoms with Gasteiger partial charge < -0.3 is 15.0 Å². The third-order valence-electron chi connectivity index (χ3n) is 4.95. The number of aromatic amines is 1. The van der Waals surface area contributed by atoms with Crippen LogP contribution in [-0.2, 0) is 0 Å². The van der Waals surface area contributed by atoms with Crippen LogP contribution < -0.4 is 10.1 Å². The molecule has 25 heavy (non-hydrogen) atoms. The van der Waals surface area contributed by atoms with E-state index >= 15 is 0 Å². The minimum absolute atomic E-state index is 0.0630. The van der Waals surface area contributed by atoms with E-state index in [2.05, 4.69) is 23.4 Å². The molecule has 1 aromatic carbocycles. The van der Waals surface area contributed by atoms with Crippen LogP contribution in [0, 0.1) is 5.82 Å². The van der Waals surface area contributed by atoms with Gasteiger partial charge in [-0.15, -0.1) is 0 Å². The molecule has 0 bridgehead atoms. The molecule has 0 aliphatic carbocycles. The second-order valence-corrected chi connectivity index (χ2v) is 13.5. The van der Waals surface area contributed by atoms with Crippen LogP contribution in [0.15, 0.2) is 18.2 Å². The SMILES string of the molecule is CC(C)Oc1cc(F)cc2[nH]c(C(=O)NC3CC[Si](C)(C)CC3)cc12. The zero-order chi connectivity index (χ0) is 18.2. The predicted molar refractivity (Wildman–Crippen MR) is 102 cm³/mol. The molecular weight excluding hydrogens is 335 g/mol. The maximum Gasteiger partial charge on any atom is 0.267 e. The molecule has 1 amide bonds. The van der Waals surface area contributed by atoms with Crippen molar-refractivity contribution in [3.05, 3.63) is 29.7 Å². The summed E-state index contributed by atoms with van der Waals surface area (Å²) >= 11 is 0. The molecule has 2 aromatic rings. The third-order valence-corrected chi connectivity index (χ3v) is 8.23. The van der Waals surface area contributed by atoms with E-state index in [1.54, 1.807) is 6.07 Å². The monoisotopic (exact) mass is 362 g/mol. The zero-order valence-electron chi connectivity index (χ0n) is 15.4. The van der Waals surface area contributed by atoms with Gasteiger partial charge in [0.15, 0.2) is 0 Å². The molecule has 136 valence electrons. The summed E-state index contributed by atoms with van der Waals surface area (Å²) in [4.78, 5) is 15.6. The number of ether oxygens (including phenoxy) is 1. The molecule has 3 rings (SSSR count). The van der Waals surface area contributed by atoms with Gasteiger partial charge in [-0.05, 0) is 38.8 Å². The number of carbonyl (C=O) groups excluding carboxylic acids is 1. The molecule has 1 saturated heterocycles. The fourth-order valence-electron chi connectivity index (χ4n) is 3.45. The van der Waals surface area contributed by atoms with Crippen LogP contribution in [0.5, 0.6) is 5.75 Å². The average molecular weight is 363 g/mol. The van der Waals surface area contributed by atoms with E-state index < -0.39 is 8.07 Å². The third kappa shape index (κ3) is 4.23. The molecular formula is C19H27FN2O2Si. The molecule has 1 aliphatic rings. The molecule has 2 N–H and O–H groups in total. The predicted octanol–water partition coefficient (Wildman–Crippen LogP) is 4.69. The molecule has 1 fully saturated rings. The molecule has 1 aliphatic heterocycles. The number of halogens is 1. The molecule has 0 spiro atoms. The van der Waals surface area contributed by atoms with E-state index in [4.69, 9.17) is 4.74 Å². The van der Waals surface area contributed by atoms with Crippen LogP contribution in [-0.4, -0.2) is 31.1 Å². The minimum atomic E-state index is -1.04. The first-order valence-corrected chi connectivity index (χ1v) is 12.4. The summed E-state index contributed by atoms with van der Waals surface area (Å²) in [5.74, 6) is -0.0411. The van der Waals surface area contributed by atoms with E-state index in [1.165, 1.54) is 24.2 Å². The van der Waals surface area contributed by atoms with Crippen LogP contribution in [0.1, 0.15) is 37.2 Å². The van der Waals surface area contributed by atoms with E-state index in [0.29, 0.717) is 17.0 Å². The van der Waals surface area contributed by atoms with Gasteiger partial charge in [-0.3, -0.25) is 4.79 Å². The van der Waals surface area contributed by atoms with Crippen LogP contribution >= 0.6 is 0 Å². The Morgan fingerprint density at radius 2 is 1.96 bits per heavy atom. The number of hydrogen-bond donors (Lipinski definition) is 2. The lowest BCUT2D eigenvalue weighted by Gasteiger charge is -2.33. The molecule has 2 heterocycles. The topological polar surface area (TPSA) is 54.1 Å². The number of H-pyrrole nitrogens is 1. The summed E-state index contributed by atoms with van der Waals surface area (Å²) in [5.41, 5.74) is 1.04. The molecule has 0 atom stereocenters. The van der Waals surface area contributed by atoms with Gasteiger partial charge in [0.05, 0.1) is 11.6 Å². The maximum absolute atomic E-state index is 13.8. The Labute approximate surface area is 149 Å². The van der Waals surface area contributed by atoms with Crippen LogP contribution in [0.4, 0.5) is 4.39 Å². The molecule has 4 nitrogen and oxygen atoms in total. The second-order valence-electron chi connectivity index (χ2n) is 8.13. The summed E-state index contributed by atoms with van der Waals surface area (Å²) < 4.78 is 19.5. The first-order valence-electron chi connectivity index (χ1n) is 9.03. The largest absolute Gasteiger partial charge is 0.490 e. The van der Waals surface area contributed by atoms with E-state index in [1.807, 2.05) is 13.8 Å². The number of fused-ring (bicyclic) bond motifs is 1. The van der Waals surface area contributed by atoms with Crippen molar-refractivity contribution < 1.29 is 13.9 Å². The summed E-state index contributed by atoms with van der Waals surface area (Å²) in [6, 6.07) is 7.26. The van der Waals surface area contributed by atoms with Crippen LogP contribution in [0.3, 0.4) is 0 Å². The quantitative estimate of drug-likeness (QED) is 0.775. The Bertz CT molecular complexity index is 775. The van der Waals surface area contributed by atoms with Gasteiger partial charge in [0.1, 0.15) is 17.3 Å². The molecule has 0 radical (unpaired) electrons. The number of rotatable bonds is 4. The van der Waals surface area contributed by atoms with E-state index in [9.17, 15) is 9.18 Å². The molecule has 0 saturated carbocycles. The molecule has 1 aromatic heterocycles. The zero-order valence-corrected chi connectivity index (χ0v) is 16.4. The highest BCUT2D eigenvalue weighted by Gasteiger charge is 2.29. The molecule has 6 heteroatoms. The molecule has 0 unspecified atom stereocenters. The first kappa shape index (κ1) is 18.0. The van der Waals surface area contributed by atoms with E-state index in [-0.39, 0.29) is 23.9 Å². The van der Waals surface area contributed by atoms with Crippen molar-refractivity contribution in [3.63, 3.8) is 0 Å². The Hall–Kier alpha value is -1.82. The van der Waals surface area contributed by atoms with Gasteiger partial charge in [0.2, 0.25) is 0 Å². The van der Waals surface area contributed by atoms with Crippen molar-refractivity contribution in [2.24, 2.45) is 0 Å². The van der Waals surface area contributed by atoms with Gasteiger partial charge in [0, 0.05) is 25.6 Å². The summed E-state index contributed by atoms with van der Waals surface area (Å²) in [7, 11) is -1.04. The second kappa shape index (κ2) is 6.82. The number of carbonyl (C=O) groups is 1. The Morgan fingerprint density at radius 3 is 2.60 bits per heavy atom. The average Bonchev–Trinajstić information content (AvgIpc) is 2.93. The van der Waals surface area contributed by atoms with Crippen LogP contribution in [0.2, 0.25) is 25.2 Å². The number of benzene rings is 1. The highest BCUT2D eigenvalue weighted by Crippen LogP contribution is 2.30. The first-order chi connectivity index (χ1) is 11.7. The van der Waals surface area contributed by atoms with Gasteiger partial charge in [-0.1, -0.05) is 25.2 Å². The fourth-order valence-corrected chi connectivity index (χ4v) is 5.96. The van der Waals surface area contributed by atoms with E-state index in [0.717, 1.165) is 18.2 Å². The Kier molecular flexibility index (Phi) is 4.91. The fraction of sp³-hybridized carbons (Fsp3) is 0.526. The van der Waals surface area contributed by atoms with Crippen LogP contribution in [0.25, 0.3) is 10.9 Å². The maximum atomic E-state index is 13.8. The van der Waals surface area contributed by atoms with Crippen molar-refractivity contribution in [1.82, 2.24) is 10.3 Å². The normalized spacial score (nSPS) is 17.8. The number of amides is 1.